The van der Waals surface area contributed by atoms with Gasteiger partial charge in [0.2, 0.25) is 0 Å². The normalized spacial score (nSPS) is 17.9. The molecule has 1 aromatic carbocycles. The van der Waals surface area contributed by atoms with E-state index in [-0.39, 0.29) is 6.10 Å². The van der Waals surface area contributed by atoms with Crippen LogP contribution in [0.25, 0.3) is 0 Å². The van der Waals surface area contributed by atoms with Crippen LogP contribution in [0.1, 0.15) is 18.1 Å². The van der Waals surface area contributed by atoms with Crippen molar-refractivity contribution in [3.63, 3.8) is 0 Å². The fourth-order valence-corrected chi connectivity index (χ4v) is 3.12. The predicted octanol–water partition coefficient (Wildman–Crippen LogP) is 1.68. The number of alkyl halides is 3. The summed E-state index contributed by atoms with van der Waals surface area (Å²) >= 11 is 0. The zero-order valence-corrected chi connectivity index (χ0v) is 15.9. The van der Waals surface area contributed by atoms with Gasteiger partial charge in [0.15, 0.2) is 0 Å². The molecule has 1 aromatic heterocycles. The second kappa shape index (κ2) is 8.95. The highest BCUT2D eigenvalue weighted by molar-refractivity contribution is 5.24. The van der Waals surface area contributed by atoms with Crippen LogP contribution in [-0.2, 0) is 24.1 Å². The average molecular weight is 399 g/mol. The Morgan fingerprint density at radius 3 is 2.39 bits per heavy atom. The van der Waals surface area contributed by atoms with E-state index in [0.29, 0.717) is 13.1 Å². The maximum atomic E-state index is 12.6. The summed E-state index contributed by atoms with van der Waals surface area (Å²) in [4.78, 5) is 8.10. The molecule has 8 nitrogen and oxygen atoms in total. The van der Waals surface area contributed by atoms with Crippen LogP contribution >= 0.6 is 0 Å². The molecule has 11 heteroatoms. The summed E-state index contributed by atoms with van der Waals surface area (Å²) in [6, 6.07) is 5.37. The SMILES string of the molecule is CC(Cn1cnnn1)ON(C)N1CCN(Cc2ccc(C(F)(F)F)cc2)CC1. The molecular weight excluding hydrogens is 375 g/mol. The van der Waals surface area contributed by atoms with Crippen LogP contribution in [-0.4, -0.2) is 74.6 Å². The zero-order valence-electron chi connectivity index (χ0n) is 15.9. The highest BCUT2D eigenvalue weighted by Crippen LogP contribution is 2.29. The Bertz CT molecular complexity index is 715. The van der Waals surface area contributed by atoms with Gasteiger partial charge < -0.3 is 0 Å². The molecule has 0 spiro atoms. The van der Waals surface area contributed by atoms with E-state index in [0.717, 1.165) is 43.9 Å². The molecule has 154 valence electrons. The van der Waals surface area contributed by atoms with Crippen LogP contribution in [0, 0.1) is 0 Å². The van der Waals surface area contributed by atoms with Gasteiger partial charge in [-0.05, 0) is 35.0 Å². The van der Waals surface area contributed by atoms with Gasteiger partial charge in [-0.2, -0.15) is 13.2 Å². The number of hydrogen-bond acceptors (Lipinski definition) is 7. The Balaban J connectivity index is 1.42. The second-order valence-corrected chi connectivity index (χ2v) is 6.84. The fraction of sp³-hybridized carbons (Fsp3) is 0.588. The van der Waals surface area contributed by atoms with Gasteiger partial charge >= 0.3 is 6.18 Å². The van der Waals surface area contributed by atoms with Gasteiger partial charge in [0, 0.05) is 39.8 Å². The first-order valence-corrected chi connectivity index (χ1v) is 9.06. The molecule has 1 fully saturated rings. The molecule has 28 heavy (non-hydrogen) atoms. The Kier molecular flexibility index (Phi) is 6.60. The number of aromatic nitrogens is 4. The van der Waals surface area contributed by atoms with Crippen molar-refractivity contribution >= 4 is 0 Å². The predicted molar refractivity (Wildman–Crippen MR) is 94.4 cm³/mol. The van der Waals surface area contributed by atoms with Gasteiger partial charge in [0.25, 0.3) is 0 Å². The van der Waals surface area contributed by atoms with Crippen LogP contribution in [0.2, 0.25) is 0 Å². The number of halogens is 3. The number of rotatable bonds is 7. The third-order valence-corrected chi connectivity index (χ3v) is 4.60. The lowest BCUT2D eigenvalue weighted by atomic mass is 10.1. The van der Waals surface area contributed by atoms with Crippen molar-refractivity contribution in [1.29, 1.82) is 0 Å². The van der Waals surface area contributed by atoms with E-state index in [2.05, 4.69) is 25.4 Å². The van der Waals surface area contributed by atoms with Crippen LogP contribution in [0.3, 0.4) is 0 Å². The second-order valence-electron chi connectivity index (χ2n) is 6.84. The minimum Gasteiger partial charge on any atom is -0.296 e. The molecule has 1 aliphatic heterocycles. The Labute approximate surface area is 161 Å². The summed E-state index contributed by atoms with van der Waals surface area (Å²) in [6.07, 6.45) is -2.85. The molecule has 1 aliphatic rings. The summed E-state index contributed by atoms with van der Waals surface area (Å²) in [5.41, 5.74) is 0.261. The fourth-order valence-electron chi connectivity index (χ4n) is 3.12. The maximum absolute atomic E-state index is 12.6. The van der Waals surface area contributed by atoms with E-state index in [1.165, 1.54) is 0 Å². The number of piperazine rings is 1. The van der Waals surface area contributed by atoms with Gasteiger partial charge in [-0.15, -0.1) is 10.3 Å². The lowest BCUT2D eigenvalue weighted by Crippen LogP contribution is -2.52. The van der Waals surface area contributed by atoms with Crippen molar-refractivity contribution in [2.75, 3.05) is 33.2 Å². The van der Waals surface area contributed by atoms with Gasteiger partial charge in [-0.1, -0.05) is 12.1 Å². The monoisotopic (exact) mass is 399 g/mol. The molecule has 0 N–H and O–H groups in total. The summed E-state index contributed by atoms with van der Waals surface area (Å²) in [7, 11) is 1.86. The minimum atomic E-state index is -4.30. The number of benzene rings is 1. The summed E-state index contributed by atoms with van der Waals surface area (Å²) < 4.78 is 39.6. The van der Waals surface area contributed by atoms with E-state index < -0.39 is 11.7 Å². The molecule has 0 aliphatic carbocycles. The zero-order chi connectivity index (χ0) is 20.1. The van der Waals surface area contributed by atoms with Gasteiger partial charge in [-0.3, -0.25) is 9.74 Å². The van der Waals surface area contributed by atoms with E-state index in [1.807, 2.05) is 14.0 Å². The number of hydrogen-bond donors (Lipinski definition) is 0. The Hall–Kier alpha value is -2.08. The molecule has 2 aromatic rings. The third kappa shape index (κ3) is 5.71. The van der Waals surface area contributed by atoms with E-state index >= 15 is 0 Å². The summed E-state index contributed by atoms with van der Waals surface area (Å²) in [6.45, 7) is 6.27. The number of hydroxylamine groups is 1. The Morgan fingerprint density at radius 1 is 1.14 bits per heavy atom. The number of nitrogens with zero attached hydrogens (tertiary/aromatic N) is 7. The molecule has 0 amide bonds. The molecule has 1 saturated heterocycles. The van der Waals surface area contributed by atoms with E-state index in [4.69, 9.17) is 4.84 Å². The van der Waals surface area contributed by atoms with Crippen molar-refractivity contribution in [2.45, 2.75) is 32.3 Å². The molecule has 0 bridgehead atoms. The Morgan fingerprint density at radius 2 is 1.82 bits per heavy atom. The average Bonchev–Trinajstić information content (AvgIpc) is 3.15. The van der Waals surface area contributed by atoms with Crippen LogP contribution in [0.4, 0.5) is 13.2 Å². The molecule has 3 rings (SSSR count). The highest BCUT2D eigenvalue weighted by Gasteiger charge is 2.30. The van der Waals surface area contributed by atoms with Crippen LogP contribution < -0.4 is 0 Å². The van der Waals surface area contributed by atoms with Crippen LogP contribution in [0.5, 0.6) is 0 Å². The van der Waals surface area contributed by atoms with Crippen molar-refractivity contribution in [3.8, 4) is 0 Å². The molecule has 0 radical (unpaired) electrons. The van der Waals surface area contributed by atoms with E-state index in [1.54, 1.807) is 28.3 Å². The van der Waals surface area contributed by atoms with Crippen LogP contribution in [0.15, 0.2) is 30.6 Å². The number of tetrazole rings is 1. The first kappa shape index (κ1) is 20.6. The molecule has 0 saturated carbocycles. The van der Waals surface area contributed by atoms with Crippen molar-refractivity contribution in [3.05, 3.63) is 41.7 Å². The summed E-state index contributed by atoms with van der Waals surface area (Å²) in [5, 5.41) is 14.8. The number of hydrazine groups is 1. The van der Waals surface area contributed by atoms with E-state index in [9.17, 15) is 13.2 Å². The van der Waals surface area contributed by atoms with Crippen molar-refractivity contribution in [2.24, 2.45) is 0 Å². The smallest absolute Gasteiger partial charge is 0.296 e. The quantitative estimate of drug-likeness (QED) is 0.657. The largest absolute Gasteiger partial charge is 0.416 e. The molecule has 2 heterocycles. The van der Waals surface area contributed by atoms with Gasteiger partial charge in [-0.25, -0.2) is 9.69 Å². The minimum absolute atomic E-state index is 0.0984. The molecular formula is C17H24F3N7O. The van der Waals surface area contributed by atoms with Crippen molar-refractivity contribution < 1.29 is 18.0 Å². The first-order chi connectivity index (χ1) is 13.3. The standard InChI is InChI=1S/C17H24F3N7O/c1-14(11-26-13-21-22-23-26)28-24(2)27-9-7-25(8-10-27)12-15-3-5-16(6-4-15)17(18,19)20/h3-6,13-14H,7-12H2,1-2H3. The van der Waals surface area contributed by atoms with Crippen molar-refractivity contribution in [1.82, 2.24) is 35.3 Å². The summed E-state index contributed by atoms with van der Waals surface area (Å²) in [5.74, 6) is 0. The maximum Gasteiger partial charge on any atom is 0.416 e. The highest BCUT2D eigenvalue weighted by atomic mass is 19.4. The first-order valence-electron chi connectivity index (χ1n) is 9.06. The lowest BCUT2D eigenvalue weighted by Gasteiger charge is -2.39. The lowest BCUT2D eigenvalue weighted by molar-refractivity contribution is -0.298. The topological polar surface area (TPSA) is 62.6 Å². The van der Waals surface area contributed by atoms with Gasteiger partial charge in [0.1, 0.15) is 6.33 Å². The molecule has 1 atom stereocenters. The van der Waals surface area contributed by atoms with Gasteiger partial charge in [0.05, 0.1) is 18.2 Å². The third-order valence-electron chi connectivity index (χ3n) is 4.60. The molecule has 1 unspecified atom stereocenters.